The minimum Gasteiger partial charge on any atom is -0.469 e. The van der Waals surface area contributed by atoms with Crippen molar-refractivity contribution in [1.82, 2.24) is 5.32 Å². The Labute approximate surface area is 119 Å². The summed E-state index contributed by atoms with van der Waals surface area (Å²) in [5.41, 5.74) is 2.32. The van der Waals surface area contributed by atoms with Gasteiger partial charge in [-0.15, -0.1) is 0 Å². The molecule has 0 aliphatic rings. The van der Waals surface area contributed by atoms with E-state index >= 15 is 0 Å². The molecule has 0 amide bonds. The Morgan fingerprint density at radius 1 is 1.32 bits per heavy atom. The fraction of sp³-hybridized carbons (Fsp3) is 0.375. The summed E-state index contributed by atoms with van der Waals surface area (Å²) in [5, 5.41) is 4.36. The van der Waals surface area contributed by atoms with E-state index in [1.54, 1.807) is 6.26 Å². The normalized spacial score (nSPS) is 12.6. The lowest BCUT2D eigenvalue weighted by atomic mass is 10.0. The Morgan fingerprint density at radius 2 is 2.16 bits per heavy atom. The second kappa shape index (κ2) is 6.78. The van der Waals surface area contributed by atoms with Crippen LogP contribution in [0, 0.1) is 6.92 Å². The molecule has 102 valence electrons. The molecule has 0 radical (unpaired) electrons. The van der Waals surface area contributed by atoms with E-state index in [9.17, 15) is 0 Å². The molecular weight excluding hydrogens is 258 g/mol. The van der Waals surface area contributed by atoms with E-state index in [1.807, 2.05) is 18.2 Å². The van der Waals surface area contributed by atoms with Gasteiger partial charge in [0.15, 0.2) is 0 Å². The van der Waals surface area contributed by atoms with Crippen molar-refractivity contribution < 1.29 is 4.42 Å². The van der Waals surface area contributed by atoms with Crippen LogP contribution in [-0.2, 0) is 6.42 Å². The number of furan rings is 1. The summed E-state index contributed by atoms with van der Waals surface area (Å²) in [6, 6.07) is 10.3. The molecular formula is C16H20ClNO. The summed E-state index contributed by atoms with van der Waals surface area (Å²) in [7, 11) is 0. The van der Waals surface area contributed by atoms with Crippen molar-refractivity contribution >= 4 is 11.6 Å². The van der Waals surface area contributed by atoms with Crippen LogP contribution < -0.4 is 5.32 Å². The van der Waals surface area contributed by atoms with Crippen molar-refractivity contribution in [2.24, 2.45) is 0 Å². The van der Waals surface area contributed by atoms with Gasteiger partial charge in [-0.05, 0) is 49.2 Å². The van der Waals surface area contributed by atoms with Crippen LogP contribution in [0.2, 0.25) is 5.02 Å². The third-order valence-corrected chi connectivity index (χ3v) is 3.48. The Hall–Kier alpha value is -1.25. The lowest BCUT2D eigenvalue weighted by molar-refractivity contribution is 0.449. The van der Waals surface area contributed by atoms with Crippen LogP contribution in [0.1, 0.15) is 36.3 Å². The Kier molecular flexibility index (Phi) is 5.06. The maximum Gasteiger partial charge on any atom is 0.105 e. The van der Waals surface area contributed by atoms with E-state index in [2.05, 4.69) is 31.3 Å². The first-order valence-electron chi connectivity index (χ1n) is 6.72. The van der Waals surface area contributed by atoms with Gasteiger partial charge in [-0.25, -0.2) is 0 Å². The average molecular weight is 278 g/mol. The molecule has 1 N–H and O–H groups in total. The third kappa shape index (κ3) is 3.85. The lowest BCUT2D eigenvalue weighted by Crippen LogP contribution is -2.24. The van der Waals surface area contributed by atoms with E-state index in [1.165, 1.54) is 5.56 Å². The molecule has 1 aromatic heterocycles. The summed E-state index contributed by atoms with van der Waals surface area (Å²) in [4.78, 5) is 0. The molecule has 0 aliphatic carbocycles. The molecule has 3 heteroatoms. The van der Waals surface area contributed by atoms with E-state index in [0.29, 0.717) is 0 Å². The van der Waals surface area contributed by atoms with Crippen molar-refractivity contribution in [2.45, 2.75) is 32.7 Å². The van der Waals surface area contributed by atoms with Gasteiger partial charge in [0, 0.05) is 17.5 Å². The fourth-order valence-corrected chi connectivity index (χ4v) is 2.52. The highest BCUT2D eigenvalue weighted by atomic mass is 35.5. The van der Waals surface area contributed by atoms with Crippen LogP contribution in [0.15, 0.2) is 41.0 Å². The average Bonchev–Trinajstić information content (AvgIpc) is 2.88. The van der Waals surface area contributed by atoms with Crippen LogP contribution in [0.4, 0.5) is 0 Å². The Balaban J connectivity index is 2.20. The molecule has 1 unspecified atom stereocenters. The summed E-state index contributed by atoms with van der Waals surface area (Å²) >= 11 is 6.37. The van der Waals surface area contributed by atoms with Crippen LogP contribution >= 0.6 is 11.6 Å². The third-order valence-electron chi connectivity index (χ3n) is 3.16. The molecule has 2 aromatic rings. The molecule has 0 saturated heterocycles. The zero-order chi connectivity index (χ0) is 13.7. The van der Waals surface area contributed by atoms with Crippen molar-refractivity contribution in [3.63, 3.8) is 0 Å². The second-order valence-corrected chi connectivity index (χ2v) is 5.22. The number of benzene rings is 1. The minimum atomic E-state index is 0.194. The second-order valence-electron chi connectivity index (χ2n) is 4.82. The summed E-state index contributed by atoms with van der Waals surface area (Å²) < 4.78 is 5.45. The van der Waals surface area contributed by atoms with E-state index in [0.717, 1.165) is 35.7 Å². The van der Waals surface area contributed by atoms with Gasteiger partial charge in [-0.1, -0.05) is 30.7 Å². The van der Waals surface area contributed by atoms with Gasteiger partial charge >= 0.3 is 0 Å². The largest absolute Gasteiger partial charge is 0.469 e. The van der Waals surface area contributed by atoms with E-state index in [4.69, 9.17) is 16.0 Å². The molecule has 19 heavy (non-hydrogen) atoms. The number of aryl methyl sites for hydroxylation is 1. The SMILES string of the molecule is CCCNC(Cc1ccco1)c1ccc(C)cc1Cl. The van der Waals surface area contributed by atoms with E-state index in [-0.39, 0.29) is 6.04 Å². The standard InChI is InChI=1S/C16H20ClNO/c1-3-8-18-16(11-13-5-4-9-19-13)14-7-6-12(2)10-15(14)17/h4-7,9-10,16,18H,3,8,11H2,1-2H3. The van der Waals surface area contributed by atoms with Gasteiger partial charge in [0.2, 0.25) is 0 Å². The summed E-state index contributed by atoms with van der Waals surface area (Å²) in [5.74, 6) is 0.977. The highest BCUT2D eigenvalue weighted by molar-refractivity contribution is 6.31. The molecule has 0 aliphatic heterocycles. The van der Waals surface area contributed by atoms with Gasteiger partial charge in [0.1, 0.15) is 5.76 Å². The van der Waals surface area contributed by atoms with Crippen molar-refractivity contribution in [1.29, 1.82) is 0 Å². The predicted molar refractivity (Wildman–Crippen MR) is 79.6 cm³/mol. The smallest absolute Gasteiger partial charge is 0.105 e. The van der Waals surface area contributed by atoms with Gasteiger partial charge < -0.3 is 9.73 Å². The van der Waals surface area contributed by atoms with E-state index < -0.39 is 0 Å². The summed E-state index contributed by atoms with van der Waals surface area (Å²) in [6.07, 6.45) is 3.62. The van der Waals surface area contributed by atoms with Gasteiger partial charge in [-0.2, -0.15) is 0 Å². The monoisotopic (exact) mass is 277 g/mol. The number of hydrogen-bond acceptors (Lipinski definition) is 2. The zero-order valence-electron chi connectivity index (χ0n) is 11.4. The molecule has 2 nitrogen and oxygen atoms in total. The van der Waals surface area contributed by atoms with Crippen LogP contribution in [-0.4, -0.2) is 6.54 Å². The quantitative estimate of drug-likeness (QED) is 0.839. The fourth-order valence-electron chi connectivity index (χ4n) is 2.16. The van der Waals surface area contributed by atoms with Crippen LogP contribution in [0.3, 0.4) is 0 Å². The van der Waals surface area contributed by atoms with Gasteiger partial charge in [-0.3, -0.25) is 0 Å². The van der Waals surface area contributed by atoms with Crippen molar-refractivity contribution in [2.75, 3.05) is 6.54 Å². The Bertz CT molecular complexity index is 507. The highest BCUT2D eigenvalue weighted by Gasteiger charge is 2.16. The predicted octanol–water partition coefficient (Wildman–Crippen LogP) is 4.52. The maximum absolute atomic E-state index is 6.37. The topological polar surface area (TPSA) is 25.2 Å². The molecule has 1 atom stereocenters. The molecule has 0 saturated carbocycles. The Morgan fingerprint density at radius 3 is 2.79 bits per heavy atom. The molecule has 1 aromatic carbocycles. The van der Waals surface area contributed by atoms with Crippen LogP contribution in [0.5, 0.6) is 0 Å². The molecule has 0 bridgehead atoms. The first-order chi connectivity index (χ1) is 9.20. The maximum atomic E-state index is 6.37. The number of nitrogens with one attached hydrogen (secondary N) is 1. The zero-order valence-corrected chi connectivity index (χ0v) is 12.2. The van der Waals surface area contributed by atoms with Crippen LogP contribution in [0.25, 0.3) is 0 Å². The molecule has 1 heterocycles. The first-order valence-corrected chi connectivity index (χ1v) is 7.10. The minimum absolute atomic E-state index is 0.194. The number of halogens is 1. The van der Waals surface area contributed by atoms with Crippen molar-refractivity contribution in [3.05, 3.63) is 58.5 Å². The van der Waals surface area contributed by atoms with Gasteiger partial charge in [0.25, 0.3) is 0 Å². The molecule has 0 fully saturated rings. The lowest BCUT2D eigenvalue weighted by Gasteiger charge is -2.19. The molecule has 2 rings (SSSR count). The highest BCUT2D eigenvalue weighted by Crippen LogP contribution is 2.27. The van der Waals surface area contributed by atoms with Crippen molar-refractivity contribution in [3.8, 4) is 0 Å². The van der Waals surface area contributed by atoms with Gasteiger partial charge in [0.05, 0.1) is 6.26 Å². The number of rotatable bonds is 6. The summed E-state index contributed by atoms with van der Waals surface area (Å²) in [6.45, 7) is 5.18. The molecule has 0 spiro atoms. The first kappa shape index (κ1) is 14.2. The number of hydrogen-bond donors (Lipinski definition) is 1.